The van der Waals surface area contributed by atoms with Crippen molar-refractivity contribution in [3.63, 3.8) is 0 Å². The Labute approximate surface area is 161 Å². The molecule has 1 fully saturated rings. The van der Waals surface area contributed by atoms with Crippen LogP contribution in [0.25, 0.3) is 0 Å². The van der Waals surface area contributed by atoms with E-state index in [2.05, 4.69) is 10.6 Å². The molecule has 28 heavy (non-hydrogen) atoms. The Hall–Kier alpha value is -3.17. The first-order chi connectivity index (χ1) is 13.3. The minimum atomic E-state index is -1.10. The van der Waals surface area contributed by atoms with E-state index in [1.165, 1.54) is 32.2 Å². The maximum absolute atomic E-state index is 12.5. The number of esters is 1. The molecule has 10 nitrogen and oxygen atoms in total. The average molecular weight is 393 g/mol. The van der Waals surface area contributed by atoms with Gasteiger partial charge in [0.1, 0.15) is 11.3 Å². The van der Waals surface area contributed by atoms with Crippen LogP contribution >= 0.6 is 0 Å². The molecule has 10 heteroatoms. The number of methoxy groups -OCH3 is 1. The van der Waals surface area contributed by atoms with E-state index in [1.807, 2.05) is 0 Å². The van der Waals surface area contributed by atoms with E-state index in [9.17, 15) is 24.5 Å². The second kappa shape index (κ2) is 9.16. The summed E-state index contributed by atoms with van der Waals surface area (Å²) in [4.78, 5) is 46.4. The highest BCUT2D eigenvalue weighted by Crippen LogP contribution is 2.30. The fourth-order valence-corrected chi connectivity index (χ4v) is 3.22. The predicted octanol–water partition coefficient (Wildman–Crippen LogP) is 1.92. The molecule has 0 heterocycles. The van der Waals surface area contributed by atoms with E-state index in [0.717, 1.165) is 19.3 Å². The highest BCUT2D eigenvalue weighted by molar-refractivity contribution is 5.95. The van der Waals surface area contributed by atoms with Crippen molar-refractivity contribution < 1.29 is 28.8 Å². The lowest BCUT2D eigenvalue weighted by molar-refractivity contribution is -0.384. The molecule has 2 N–H and O–H groups in total. The first-order valence-electron chi connectivity index (χ1n) is 8.85. The molecule has 0 saturated heterocycles. The van der Waals surface area contributed by atoms with Crippen molar-refractivity contribution in [3.05, 3.63) is 28.3 Å². The summed E-state index contributed by atoms with van der Waals surface area (Å²) in [6.45, 7) is 0.775. The summed E-state index contributed by atoms with van der Waals surface area (Å²) in [5, 5.41) is 16.0. The van der Waals surface area contributed by atoms with Gasteiger partial charge in [0.05, 0.1) is 23.8 Å². The third-order valence-corrected chi connectivity index (χ3v) is 4.52. The van der Waals surface area contributed by atoms with Crippen molar-refractivity contribution in [1.82, 2.24) is 5.32 Å². The number of amides is 2. The Kier molecular flexibility index (Phi) is 6.91. The van der Waals surface area contributed by atoms with E-state index < -0.39 is 28.9 Å². The molecule has 0 spiro atoms. The van der Waals surface area contributed by atoms with Crippen LogP contribution in [0, 0.1) is 10.1 Å². The maximum atomic E-state index is 12.5. The van der Waals surface area contributed by atoms with E-state index in [1.54, 1.807) is 0 Å². The van der Waals surface area contributed by atoms with Crippen molar-refractivity contribution >= 4 is 29.2 Å². The standard InChI is InChI=1S/C18H23N3O7/c1-12(22)20-18(8-4-3-5-9-18)17(24)28-11-16(23)19-14-7-6-13(21(25)26)10-15(14)27-2/h6-7,10H,3-5,8-9,11H2,1-2H3,(H,19,23)(H,20,22). The van der Waals surface area contributed by atoms with Gasteiger partial charge in [-0.3, -0.25) is 19.7 Å². The molecule has 0 aromatic heterocycles. The van der Waals surface area contributed by atoms with Crippen LogP contribution in [-0.4, -0.2) is 42.0 Å². The zero-order valence-electron chi connectivity index (χ0n) is 15.8. The van der Waals surface area contributed by atoms with E-state index >= 15 is 0 Å². The second-order valence-electron chi connectivity index (χ2n) is 6.59. The number of rotatable bonds is 7. The zero-order valence-corrected chi connectivity index (χ0v) is 15.8. The molecule has 1 aliphatic rings. The molecule has 1 aliphatic carbocycles. The van der Waals surface area contributed by atoms with Gasteiger partial charge in [0.25, 0.3) is 11.6 Å². The number of nitrogens with zero attached hydrogens (tertiary/aromatic N) is 1. The SMILES string of the molecule is COc1cc([N+](=O)[O-])ccc1NC(=O)COC(=O)C1(NC(C)=O)CCCCC1. The normalized spacial score (nSPS) is 15.2. The molecular formula is C18H23N3O7. The van der Waals surface area contributed by atoms with E-state index in [-0.39, 0.29) is 23.0 Å². The number of carbonyl (C=O) groups is 3. The number of carbonyl (C=O) groups excluding carboxylic acids is 3. The minimum absolute atomic E-state index is 0.107. The number of hydrogen-bond acceptors (Lipinski definition) is 7. The maximum Gasteiger partial charge on any atom is 0.332 e. The number of non-ortho nitro benzene ring substituents is 1. The fourth-order valence-electron chi connectivity index (χ4n) is 3.22. The number of nitro groups is 1. The Bertz CT molecular complexity index is 772. The van der Waals surface area contributed by atoms with Crippen LogP contribution in [-0.2, 0) is 19.1 Å². The number of ether oxygens (including phenoxy) is 2. The van der Waals surface area contributed by atoms with Crippen LogP contribution in [0.1, 0.15) is 39.0 Å². The van der Waals surface area contributed by atoms with Gasteiger partial charge in [-0.05, 0) is 18.9 Å². The first-order valence-corrected chi connectivity index (χ1v) is 8.85. The molecule has 0 unspecified atom stereocenters. The van der Waals surface area contributed by atoms with Crippen LogP contribution < -0.4 is 15.4 Å². The fraction of sp³-hybridized carbons (Fsp3) is 0.500. The van der Waals surface area contributed by atoms with Crippen LogP contribution in [0.2, 0.25) is 0 Å². The summed E-state index contributed by atoms with van der Waals surface area (Å²) < 4.78 is 10.2. The summed E-state index contributed by atoms with van der Waals surface area (Å²) in [6, 6.07) is 3.73. The summed E-state index contributed by atoms with van der Waals surface area (Å²) in [5.41, 5.74) is -1.07. The van der Waals surface area contributed by atoms with Gasteiger partial charge < -0.3 is 20.1 Å². The molecule has 2 rings (SSSR count). The molecule has 0 aliphatic heterocycles. The van der Waals surface area contributed by atoms with E-state index in [4.69, 9.17) is 9.47 Å². The molecule has 0 atom stereocenters. The van der Waals surface area contributed by atoms with Crippen molar-refractivity contribution in [2.45, 2.75) is 44.6 Å². The highest BCUT2D eigenvalue weighted by Gasteiger charge is 2.42. The Morgan fingerprint density at radius 1 is 1.21 bits per heavy atom. The van der Waals surface area contributed by atoms with Gasteiger partial charge in [0, 0.05) is 13.0 Å². The molecule has 1 aromatic rings. The lowest BCUT2D eigenvalue weighted by Crippen LogP contribution is -2.56. The monoisotopic (exact) mass is 393 g/mol. The van der Waals surface area contributed by atoms with Gasteiger partial charge >= 0.3 is 5.97 Å². The predicted molar refractivity (Wildman–Crippen MR) is 98.9 cm³/mol. The van der Waals surface area contributed by atoms with Gasteiger partial charge in [-0.25, -0.2) is 4.79 Å². The van der Waals surface area contributed by atoms with Gasteiger partial charge in [-0.15, -0.1) is 0 Å². The number of nitrogens with one attached hydrogen (secondary N) is 2. The quantitative estimate of drug-likeness (QED) is 0.410. The molecule has 1 aromatic carbocycles. The van der Waals surface area contributed by atoms with Crippen LogP contribution in [0.3, 0.4) is 0 Å². The largest absolute Gasteiger partial charge is 0.494 e. The van der Waals surface area contributed by atoms with Gasteiger partial charge in [-0.2, -0.15) is 0 Å². The molecular weight excluding hydrogens is 370 g/mol. The second-order valence-corrected chi connectivity index (χ2v) is 6.59. The Morgan fingerprint density at radius 2 is 1.89 bits per heavy atom. The highest BCUT2D eigenvalue weighted by atomic mass is 16.6. The van der Waals surface area contributed by atoms with Crippen molar-refractivity contribution in [2.24, 2.45) is 0 Å². The molecule has 152 valence electrons. The van der Waals surface area contributed by atoms with Crippen molar-refractivity contribution in [2.75, 3.05) is 19.0 Å². The van der Waals surface area contributed by atoms with Crippen LogP contribution in [0.4, 0.5) is 11.4 Å². The lowest BCUT2D eigenvalue weighted by atomic mass is 9.81. The number of hydrogen-bond donors (Lipinski definition) is 2. The summed E-state index contributed by atoms with van der Waals surface area (Å²) >= 11 is 0. The third kappa shape index (κ3) is 5.18. The summed E-state index contributed by atoms with van der Waals surface area (Å²) in [6.07, 6.45) is 3.45. The van der Waals surface area contributed by atoms with Gasteiger partial charge in [0.2, 0.25) is 5.91 Å². The molecule has 0 bridgehead atoms. The summed E-state index contributed by atoms with van der Waals surface area (Å²) in [5.74, 6) is -1.50. The Morgan fingerprint density at radius 3 is 2.46 bits per heavy atom. The minimum Gasteiger partial charge on any atom is -0.494 e. The Balaban J connectivity index is 2.00. The number of nitro benzene ring substituents is 1. The van der Waals surface area contributed by atoms with Gasteiger partial charge in [0.15, 0.2) is 6.61 Å². The summed E-state index contributed by atoms with van der Waals surface area (Å²) in [7, 11) is 1.31. The topological polar surface area (TPSA) is 137 Å². The lowest BCUT2D eigenvalue weighted by Gasteiger charge is -2.35. The molecule has 2 amide bonds. The van der Waals surface area contributed by atoms with E-state index in [0.29, 0.717) is 12.8 Å². The number of benzene rings is 1. The van der Waals surface area contributed by atoms with Crippen LogP contribution in [0.5, 0.6) is 5.75 Å². The van der Waals surface area contributed by atoms with Crippen molar-refractivity contribution in [3.8, 4) is 5.75 Å². The third-order valence-electron chi connectivity index (χ3n) is 4.52. The smallest absolute Gasteiger partial charge is 0.332 e. The molecule has 0 radical (unpaired) electrons. The average Bonchev–Trinajstić information content (AvgIpc) is 2.66. The number of anilines is 1. The van der Waals surface area contributed by atoms with Crippen LogP contribution in [0.15, 0.2) is 18.2 Å². The first kappa shape index (κ1) is 21.1. The zero-order chi connectivity index (χ0) is 20.7. The molecule has 1 saturated carbocycles. The van der Waals surface area contributed by atoms with Crippen molar-refractivity contribution in [1.29, 1.82) is 0 Å². The van der Waals surface area contributed by atoms with Gasteiger partial charge in [-0.1, -0.05) is 19.3 Å².